The third-order valence-corrected chi connectivity index (χ3v) is 8.26. The molecule has 0 bridgehead atoms. The number of hydrogen-bond acceptors (Lipinski definition) is 3. The Labute approximate surface area is 224 Å². The van der Waals surface area contributed by atoms with E-state index in [1.165, 1.54) is 27.8 Å². The minimum atomic E-state index is -0.937. The molecule has 38 heavy (non-hydrogen) atoms. The van der Waals surface area contributed by atoms with Gasteiger partial charge in [0.05, 0.1) is 11.3 Å². The van der Waals surface area contributed by atoms with Gasteiger partial charge < -0.3 is 10.3 Å². The predicted octanol–water partition coefficient (Wildman–Crippen LogP) is 8.28. The largest absolute Gasteiger partial charge is 0.478 e. The SMILES string of the molecule is Cc1ccc(-c2cc(C(Cc3ccc4cc(C(=O)O)ccc4c3)=NO)cc3c2C(C)(C)CCC3(C)C)cc1. The number of carboxylic acid groups (broad SMARTS) is 1. The van der Waals surface area contributed by atoms with Crippen molar-refractivity contribution < 1.29 is 15.1 Å². The summed E-state index contributed by atoms with van der Waals surface area (Å²) < 4.78 is 0. The molecule has 4 aromatic carbocycles. The molecule has 0 atom stereocenters. The molecule has 4 heteroatoms. The molecule has 5 rings (SSSR count). The van der Waals surface area contributed by atoms with Crippen LogP contribution < -0.4 is 0 Å². The standard InChI is InChI=1S/C34H35NO3/c1-21-6-9-23(10-7-21)28-19-27(20-29-31(28)34(4,5)15-14-33(29,2)3)30(35-38)17-22-8-11-25-18-26(32(36)37)13-12-24(25)16-22/h6-13,16,18-20,38H,14-15,17H2,1-5H3,(H,36,37). The molecule has 0 saturated carbocycles. The van der Waals surface area contributed by atoms with Crippen LogP contribution in [0, 0.1) is 6.92 Å². The van der Waals surface area contributed by atoms with Gasteiger partial charge in [-0.1, -0.05) is 86.9 Å². The van der Waals surface area contributed by atoms with Gasteiger partial charge in [0.2, 0.25) is 0 Å². The lowest BCUT2D eigenvalue weighted by Crippen LogP contribution is -2.35. The van der Waals surface area contributed by atoms with Gasteiger partial charge in [0.15, 0.2) is 0 Å². The van der Waals surface area contributed by atoms with Crippen LogP contribution >= 0.6 is 0 Å². The third kappa shape index (κ3) is 4.71. The number of rotatable bonds is 5. The molecular formula is C34H35NO3. The Morgan fingerprint density at radius 1 is 0.816 bits per heavy atom. The highest BCUT2D eigenvalue weighted by molar-refractivity contribution is 6.03. The Bertz CT molecular complexity index is 1580. The van der Waals surface area contributed by atoms with E-state index < -0.39 is 5.97 Å². The van der Waals surface area contributed by atoms with Gasteiger partial charge in [-0.3, -0.25) is 0 Å². The highest BCUT2D eigenvalue weighted by Crippen LogP contribution is 2.50. The Morgan fingerprint density at radius 3 is 2.16 bits per heavy atom. The lowest BCUT2D eigenvalue weighted by atomic mass is 9.61. The van der Waals surface area contributed by atoms with E-state index in [1.54, 1.807) is 12.1 Å². The molecule has 4 nitrogen and oxygen atoms in total. The molecule has 1 aliphatic rings. The first-order chi connectivity index (χ1) is 18.0. The van der Waals surface area contributed by atoms with Crippen LogP contribution in [0.15, 0.2) is 78.0 Å². The monoisotopic (exact) mass is 505 g/mol. The van der Waals surface area contributed by atoms with Crippen LogP contribution in [0.2, 0.25) is 0 Å². The van der Waals surface area contributed by atoms with E-state index in [4.69, 9.17) is 0 Å². The second kappa shape index (κ2) is 9.43. The predicted molar refractivity (Wildman–Crippen MR) is 155 cm³/mol. The average Bonchev–Trinajstić information content (AvgIpc) is 2.89. The van der Waals surface area contributed by atoms with Gasteiger partial charge in [0.1, 0.15) is 0 Å². The normalized spacial score (nSPS) is 16.3. The number of fused-ring (bicyclic) bond motifs is 2. The Kier molecular flexibility index (Phi) is 6.38. The highest BCUT2D eigenvalue weighted by Gasteiger charge is 2.39. The maximum Gasteiger partial charge on any atom is 0.335 e. The van der Waals surface area contributed by atoms with E-state index >= 15 is 0 Å². The van der Waals surface area contributed by atoms with Crippen molar-refractivity contribution in [2.75, 3.05) is 0 Å². The third-order valence-electron chi connectivity index (χ3n) is 8.26. The van der Waals surface area contributed by atoms with E-state index in [2.05, 4.69) is 76.2 Å². The number of carbonyl (C=O) groups is 1. The van der Waals surface area contributed by atoms with Gasteiger partial charge in [-0.2, -0.15) is 0 Å². The van der Waals surface area contributed by atoms with Gasteiger partial charge in [-0.15, -0.1) is 0 Å². The summed E-state index contributed by atoms with van der Waals surface area (Å²) in [5.41, 5.74) is 9.17. The van der Waals surface area contributed by atoms with Crippen molar-refractivity contribution >= 4 is 22.5 Å². The first-order valence-electron chi connectivity index (χ1n) is 13.2. The molecule has 0 heterocycles. The maximum atomic E-state index is 11.3. The average molecular weight is 506 g/mol. The van der Waals surface area contributed by atoms with E-state index in [9.17, 15) is 15.1 Å². The van der Waals surface area contributed by atoms with Gasteiger partial charge in [-0.05, 0) is 93.5 Å². The molecule has 4 aromatic rings. The molecule has 0 aromatic heterocycles. The van der Waals surface area contributed by atoms with Gasteiger partial charge in [0, 0.05) is 12.0 Å². The number of benzene rings is 4. The topological polar surface area (TPSA) is 69.9 Å². The van der Waals surface area contributed by atoms with Crippen molar-refractivity contribution in [3.63, 3.8) is 0 Å². The van der Waals surface area contributed by atoms with Crippen molar-refractivity contribution in [2.45, 2.75) is 64.7 Å². The second-order valence-electron chi connectivity index (χ2n) is 12.0. The van der Waals surface area contributed by atoms with Crippen LogP contribution in [0.3, 0.4) is 0 Å². The van der Waals surface area contributed by atoms with Crippen LogP contribution in [-0.2, 0) is 17.3 Å². The number of hydrogen-bond donors (Lipinski definition) is 2. The summed E-state index contributed by atoms with van der Waals surface area (Å²) in [6, 6.07) is 24.2. The maximum absolute atomic E-state index is 11.3. The van der Waals surface area contributed by atoms with Crippen LogP contribution in [0.5, 0.6) is 0 Å². The van der Waals surface area contributed by atoms with Crippen molar-refractivity contribution in [1.29, 1.82) is 0 Å². The molecule has 1 aliphatic carbocycles. The molecule has 0 amide bonds. The number of aryl methyl sites for hydroxylation is 1. The first-order valence-corrected chi connectivity index (χ1v) is 13.2. The Morgan fingerprint density at radius 2 is 1.47 bits per heavy atom. The molecule has 2 N–H and O–H groups in total. The van der Waals surface area contributed by atoms with Crippen molar-refractivity contribution in [2.24, 2.45) is 5.16 Å². The molecule has 0 saturated heterocycles. The summed E-state index contributed by atoms with van der Waals surface area (Å²) in [7, 11) is 0. The zero-order valence-electron chi connectivity index (χ0n) is 22.8. The van der Waals surface area contributed by atoms with Crippen LogP contribution in [0.25, 0.3) is 21.9 Å². The van der Waals surface area contributed by atoms with Gasteiger partial charge in [0.25, 0.3) is 0 Å². The molecular weight excluding hydrogens is 470 g/mol. The van der Waals surface area contributed by atoms with Crippen molar-refractivity contribution in [1.82, 2.24) is 0 Å². The zero-order chi connectivity index (χ0) is 27.2. The fourth-order valence-corrected chi connectivity index (χ4v) is 5.84. The summed E-state index contributed by atoms with van der Waals surface area (Å²) in [5, 5.41) is 25.1. The lowest BCUT2D eigenvalue weighted by Gasteiger charge is -2.43. The molecule has 0 aliphatic heterocycles. The number of nitrogens with zero attached hydrogens (tertiary/aromatic N) is 1. The molecule has 0 unspecified atom stereocenters. The zero-order valence-corrected chi connectivity index (χ0v) is 22.8. The molecule has 0 fully saturated rings. The fourth-order valence-electron chi connectivity index (χ4n) is 5.84. The van der Waals surface area contributed by atoms with Crippen LogP contribution in [0.4, 0.5) is 0 Å². The van der Waals surface area contributed by atoms with E-state index in [1.807, 2.05) is 24.3 Å². The van der Waals surface area contributed by atoms with Crippen molar-refractivity contribution in [3.05, 3.63) is 106 Å². The van der Waals surface area contributed by atoms with Gasteiger partial charge in [-0.25, -0.2) is 4.79 Å². The minimum absolute atomic E-state index is 0.00563. The summed E-state index contributed by atoms with van der Waals surface area (Å²) in [6.45, 7) is 11.4. The fraction of sp³-hybridized carbons (Fsp3) is 0.294. The van der Waals surface area contributed by atoms with E-state index in [0.717, 1.165) is 34.7 Å². The lowest BCUT2D eigenvalue weighted by molar-refractivity contribution is 0.0697. The number of oxime groups is 1. The second-order valence-corrected chi connectivity index (χ2v) is 12.0. The van der Waals surface area contributed by atoms with E-state index in [0.29, 0.717) is 12.1 Å². The minimum Gasteiger partial charge on any atom is -0.478 e. The summed E-state index contributed by atoms with van der Waals surface area (Å²) >= 11 is 0. The molecule has 0 radical (unpaired) electrons. The molecule has 194 valence electrons. The number of aromatic carboxylic acids is 1. The first kappa shape index (κ1) is 25.7. The van der Waals surface area contributed by atoms with Crippen LogP contribution in [-0.4, -0.2) is 22.0 Å². The van der Waals surface area contributed by atoms with Crippen molar-refractivity contribution in [3.8, 4) is 11.1 Å². The summed E-state index contributed by atoms with van der Waals surface area (Å²) in [5.74, 6) is -0.937. The summed E-state index contributed by atoms with van der Waals surface area (Å²) in [6.07, 6.45) is 2.67. The van der Waals surface area contributed by atoms with E-state index in [-0.39, 0.29) is 16.4 Å². The van der Waals surface area contributed by atoms with Gasteiger partial charge >= 0.3 is 5.97 Å². The quantitative estimate of drug-likeness (QED) is 0.163. The van der Waals surface area contributed by atoms with Crippen LogP contribution in [0.1, 0.15) is 78.7 Å². The molecule has 0 spiro atoms. The Hall–Kier alpha value is -3.92. The Balaban J connectivity index is 1.62. The summed E-state index contributed by atoms with van der Waals surface area (Å²) in [4.78, 5) is 11.3. The number of carboxylic acids is 1. The highest BCUT2D eigenvalue weighted by atomic mass is 16.4. The smallest absolute Gasteiger partial charge is 0.335 e.